The highest BCUT2D eigenvalue weighted by Gasteiger charge is 2.31. The van der Waals surface area contributed by atoms with Crippen LogP contribution in [0.15, 0.2) is 67.0 Å². The smallest absolute Gasteiger partial charge is 0.480 e. The van der Waals surface area contributed by atoms with Gasteiger partial charge in [-0.05, 0) is 48.2 Å². The lowest BCUT2D eigenvalue weighted by molar-refractivity contribution is -0.274. The number of aromatic nitrogens is 2. The van der Waals surface area contributed by atoms with Crippen molar-refractivity contribution in [2.75, 3.05) is 0 Å². The van der Waals surface area contributed by atoms with Gasteiger partial charge in [0.2, 0.25) is 5.91 Å². The number of benzene rings is 2. The second-order valence-corrected chi connectivity index (χ2v) is 12.5. The molecule has 0 bridgehead atoms. The average molecular weight is 659 g/mol. The lowest BCUT2D eigenvalue weighted by atomic mass is 9.95. The Morgan fingerprint density at radius 2 is 1.59 bits per heavy atom. The molecule has 2 aromatic heterocycles. The lowest BCUT2D eigenvalue weighted by Crippen LogP contribution is -2.51. The maximum atomic E-state index is 14.4. The number of carboxylic acid groups (broad SMARTS) is 1. The largest absolute Gasteiger partial charge is 0.573 e. The molecule has 9 nitrogen and oxygen atoms in total. The van der Waals surface area contributed by atoms with Crippen LogP contribution < -0.4 is 15.4 Å². The second-order valence-electron chi connectivity index (χ2n) is 11.4. The number of hydrogen-bond donors (Lipinski definition) is 3. The number of rotatable bonds is 10. The summed E-state index contributed by atoms with van der Waals surface area (Å²) >= 11 is 1.31. The summed E-state index contributed by atoms with van der Waals surface area (Å²) in [4.78, 5) is 47.3. The molecule has 0 aliphatic rings. The molecule has 0 radical (unpaired) electrons. The van der Waals surface area contributed by atoms with Gasteiger partial charge >= 0.3 is 12.3 Å². The SMILES string of the molecule is C[C@@H](NC(=O)[C@H](Cc1ccc(-c2ncc(-c3cc(OC(F)(F)F)ccc3F)cn2)cc1)NC(=O)c1ccc(C(C)(C)C)s1)C(=O)O. The quantitative estimate of drug-likeness (QED) is 0.175. The fourth-order valence-corrected chi connectivity index (χ4v) is 5.21. The van der Waals surface area contributed by atoms with Crippen molar-refractivity contribution >= 4 is 29.1 Å². The number of carboxylic acids is 1. The van der Waals surface area contributed by atoms with Crippen LogP contribution in [0.5, 0.6) is 5.75 Å². The number of aliphatic carboxylic acids is 1. The molecule has 0 unspecified atom stereocenters. The molecule has 0 saturated heterocycles. The van der Waals surface area contributed by atoms with E-state index in [4.69, 9.17) is 0 Å². The van der Waals surface area contributed by atoms with Crippen molar-refractivity contribution < 1.29 is 41.8 Å². The molecule has 0 saturated carbocycles. The molecule has 0 aliphatic carbocycles. The van der Waals surface area contributed by atoms with E-state index < -0.39 is 47.8 Å². The van der Waals surface area contributed by atoms with E-state index in [0.29, 0.717) is 16.0 Å². The van der Waals surface area contributed by atoms with Crippen LogP contribution in [0.25, 0.3) is 22.5 Å². The predicted molar refractivity (Wildman–Crippen MR) is 163 cm³/mol. The first-order valence-electron chi connectivity index (χ1n) is 13.9. The number of nitrogens with one attached hydrogen (secondary N) is 2. The minimum atomic E-state index is -4.94. The Morgan fingerprint density at radius 1 is 0.935 bits per heavy atom. The maximum Gasteiger partial charge on any atom is 0.573 e. The molecule has 3 N–H and O–H groups in total. The van der Waals surface area contributed by atoms with E-state index in [0.717, 1.165) is 23.1 Å². The van der Waals surface area contributed by atoms with Gasteiger partial charge in [-0.2, -0.15) is 0 Å². The number of alkyl halides is 3. The Morgan fingerprint density at radius 3 is 2.15 bits per heavy atom. The Kier molecular flexibility index (Phi) is 10.1. The number of carbonyl (C=O) groups excluding carboxylic acids is 2. The molecule has 2 amide bonds. The van der Waals surface area contributed by atoms with Crippen molar-refractivity contribution in [2.24, 2.45) is 0 Å². The van der Waals surface area contributed by atoms with Crippen molar-refractivity contribution in [2.45, 2.75) is 58.0 Å². The Balaban J connectivity index is 1.51. The first-order chi connectivity index (χ1) is 21.5. The summed E-state index contributed by atoms with van der Waals surface area (Å²) in [6, 6.07) is 10.6. The lowest BCUT2D eigenvalue weighted by Gasteiger charge is -2.20. The summed E-state index contributed by atoms with van der Waals surface area (Å²) in [6.45, 7) is 7.37. The van der Waals surface area contributed by atoms with Crippen LogP contribution in [-0.2, 0) is 21.4 Å². The molecule has 4 rings (SSSR count). The molecule has 242 valence electrons. The number of nitrogens with zero attached hydrogens (tertiary/aromatic N) is 2. The number of halogens is 4. The van der Waals surface area contributed by atoms with Crippen LogP contribution in [0, 0.1) is 5.82 Å². The topological polar surface area (TPSA) is 131 Å². The zero-order valence-electron chi connectivity index (χ0n) is 25.1. The Hall–Kier alpha value is -4.85. The number of hydrogen-bond acceptors (Lipinski definition) is 7. The molecule has 0 fully saturated rings. The van der Waals surface area contributed by atoms with E-state index in [9.17, 15) is 37.1 Å². The maximum absolute atomic E-state index is 14.4. The molecule has 0 aliphatic heterocycles. The predicted octanol–water partition coefficient (Wildman–Crippen LogP) is 6.14. The monoisotopic (exact) mass is 658 g/mol. The first-order valence-corrected chi connectivity index (χ1v) is 14.7. The van der Waals surface area contributed by atoms with Crippen LogP contribution >= 0.6 is 11.3 Å². The van der Waals surface area contributed by atoms with Gasteiger partial charge in [0.05, 0.1) is 4.88 Å². The number of ether oxygens (including phenoxy) is 1. The second kappa shape index (κ2) is 13.6. The van der Waals surface area contributed by atoms with Crippen LogP contribution in [0.1, 0.15) is 47.8 Å². The van der Waals surface area contributed by atoms with Crippen LogP contribution in [0.3, 0.4) is 0 Å². The third-order valence-electron chi connectivity index (χ3n) is 6.71. The van der Waals surface area contributed by atoms with E-state index in [-0.39, 0.29) is 28.8 Å². The molecule has 14 heteroatoms. The Bertz CT molecular complexity index is 1720. The zero-order valence-corrected chi connectivity index (χ0v) is 25.9. The van der Waals surface area contributed by atoms with Gasteiger partial charge in [-0.1, -0.05) is 45.0 Å². The van der Waals surface area contributed by atoms with Gasteiger partial charge in [-0.3, -0.25) is 14.4 Å². The van der Waals surface area contributed by atoms with Crippen molar-refractivity contribution in [1.29, 1.82) is 0 Å². The average Bonchev–Trinajstić information content (AvgIpc) is 3.49. The van der Waals surface area contributed by atoms with Crippen LogP contribution in [0.4, 0.5) is 17.6 Å². The summed E-state index contributed by atoms with van der Waals surface area (Å²) < 4.78 is 56.0. The van der Waals surface area contributed by atoms with E-state index >= 15 is 0 Å². The number of amides is 2. The van der Waals surface area contributed by atoms with E-state index in [1.165, 1.54) is 30.7 Å². The van der Waals surface area contributed by atoms with E-state index in [1.54, 1.807) is 30.3 Å². The van der Waals surface area contributed by atoms with Gasteiger partial charge < -0.3 is 20.5 Å². The summed E-state index contributed by atoms with van der Waals surface area (Å²) in [5.41, 5.74) is 0.960. The summed E-state index contributed by atoms with van der Waals surface area (Å²) in [5.74, 6) is -3.51. The molecule has 2 heterocycles. The van der Waals surface area contributed by atoms with E-state index in [1.807, 2.05) is 26.8 Å². The summed E-state index contributed by atoms with van der Waals surface area (Å²) in [6.07, 6.45) is -2.37. The molecular formula is C32H30F4N4O5S. The highest BCUT2D eigenvalue weighted by atomic mass is 32.1. The van der Waals surface area contributed by atoms with Gasteiger partial charge in [0.1, 0.15) is 23.7 Å². The normalized spacial score (nSPS) is 13.0. The van der Waals surface area contributed by atoms with Gasteiger partial charge in [-0.15, -0.1) is 24.5 Å². The van der Waals surface area contributed by atoms with Gasteiger partial charge in [0.15, 0.2) is 5.82 Å². The fraction of sp³-hybridized carbons (Fsp3) is 0.281. The van der Waals surface area contributed by atoms with Crippen LogP contribution in [0.2, 0.25) is 0 Å². The van der Waals surface area contributed by atoms with Gasteiger partial charge in [0, 0.05) is 40.4 Å². The zero-order chi connectivity index (χ0) is 33.8. The third kappa shape index (κ3) is 8.87. The van der Waals surface area contributed by atoms with Crippen LogP contribution in [-0.4, -0.2) is 51.3 Å². The van der Waals surface area contributed by atoms with Crippen molar-refractivity contribution in [3.8, 4) is 28.3 Å². The molecule has 46 heavy (non-hydrogen) atoms. The minimum Gasteiger partial charge on any atom is -0.480 e. The molecular weight excluding hydrogens is 628 g/mol. The molecule has 0 spiro atoms. The standard InChI is InChI=1S/C32H30F4N4O5S/c1-17(30(43)44)39-28(41)24(40-29(42)25-11-12-26(46-25)31(2,3)4)13-18-5-7-19(8-6-18)27-37-15-20(16-38-27)22-14-21(9-10-23(22)33)45-32(34,35)36/h5-12,14-17,24H,13H2,1-4H3,(H,39,41)(H,40,42)(H,43,44)/t17-,24+/m1/s1. The van der Waals surface area contributed by atoms with Gasteiger partial charge in [0.25, 0.3) is 5.91 Å². The van der Waals surface area contributed by atoms with Gasteiger partial charge in [-0.25, -0.2) is 14.4 Å². The minimum absolute atomic E-state index is 0.0388. The number of thiophene rings is 1. The highest BCUT2D eigenvalue weighted by Crippen LogP contribution is 2.31. The van der Waals surface area contributed by atoms with E-state index in [2.05, 4.69) is 25.3 Å². The Labute approximate surface area is 265 Å². The van der Waals surface area contributed by atoms with Crippen molar-refractivity contribution in [1.82, 2.24) is 20.6 Å². The molecule has 2 aromatic carbocycles. The van der Waals surface area contributed by atoms with Crippen molar-refractivity contribution in [3.05, 3.63) is 88.1 Å². The van der Waals surface area contributed by atoms with Crippen molar-refractivity contribution in [3.63, 3.8) is 0 Å². The highest BCUT2D eigenvalue weighted by molar-refractivity contribution is 7.14. The number of carbonyl (C=O) groups is 3. The fourth-order valence-electron chi connectivity index (χ4n) is 4.24. The first kappa shape index (κ1) is 34.0. The molecule has 4 aromatic rings. The molecule has 2 atom stereocenters. The summed E-state index contributed by atoms with van der Waals surface area (Å²) in [7, 11) is 0. The summed E-state index contributed by atoms with van der Waals surface area (Å²) in [5, 5.41) is 14.4. The third-order valence-corrected chi connectivity index (χ3v) is 8.22.